The van der Waals surface area contributed by atoms with Gasteiger partial charge in [-0.05, 0) is 32.5 Å². The number of nitrogens with zero attached hydrogens (tertiary/aromatic N) is 2. The Kier molecular flexibility index (Phi) is 4.66. The molecule has 2 heterocycles. The summed E-state index contributed by atoms with van der Waals surface area (Å²) >= 11 is 8.18. The van der Waals surface area contributed by atoms with Crippen molar-refractivity contribution in [3.63, 3.8) is 0 Å². The highest BCUT2D eigenvalue weighted by Gasteiger charge is 2.19. The van der Waals surface area contributed by atoms with Crippen molar-refractivity contribution in [2.24, 2.45) is 7.05 Å². The lowest BCUT2D eigenvalue weighted by Crippen LogP contribution is -2.23. The molecule has 0 aromatic carbocycles. The van der Waals surface area contributed by atoms with Crippen LogP contribution in [0.1, 0.15) is 34.1 Å². The minimum absolute atomic E-state index is 0.302. The van der Waals surface area contributed by atoms with E-state index in [0.717, 1.165) is 29.4 Å². The summed E-state index contributed by atoms with van der Waals surface area (Å²) in [4.78, 5) is 2.69. The van der Waals surface area contributed by atoms with Gasteiger partial charge < -0.3 is 5.32 Å². The lowest BCUT2D eigenvalue weighted by molar-refractivity contribution is 0.536. The Hall–Kier alpha value is -0.840. The number of hydrogen-bond donors (Lipinski definition) is 1. The fourth-order valence-electron chi connectivity index (χ4n) is 2.26. The van der Waals surface area contributed by atoms with Crippen molar-refractivity contribution in [3.05, 3.63) is 38.3 Å². The predicted octanol–water partition coefficient (Wildman–Crippen LogP) is 3.65. The summed E-state index contributed by atoms with van der Waals surface area (Å²) in [6.07, 6.45) is 0.865. The van der Waals surface area contributed by atoms with E-state index >= 15 is 0 Å². The first-order valence-electron chi connectivity index (χ1n) is 6.50. The van der Waals surface area contributed by atoms with Crippen LogP contribution in [0, 0.1) is 13.8 Å². The normalized spacial score (nSPS) is 12.9. The number of halogens is 1. The first-order valence-corrected chi connectivity index (χ1v) is 7.70. The Morgan fingerprint density at radius 2 is 2.16 bits per heavy atom. The third-order valence-electron chi connectivity index (χ3n) is 3.21. The lowest BCUT2D eigenvalue weighted by atomic mass is 10.1. The fraction of sp³-hybridized carbons (Fsp3) is 0.500. The largest absolute Gasteiger partial charge is 0.309 e. The maximum atomic E-state index is 6.34. The molecule has 0 aliphatic rings. The van der Waals surface area contributed by atoms with E-state index in [2.05, 4.69) is 36.4 Å². The summed E-state index contributed by atoms with van der Waals surface area (Å²) in [5, 5.41) is 8.71. The molecule has 1 unspecified atom stereocenters. The number of likely N-dealkylation sites (N-methyl/N-ethyl adjacent to an activating group) is 1. The van der Waals surface area contributed by atoms with Gasteiger partial charge in [0, 0.05) is 29.3 Å². The molecule has 0 bridgehead atoms. The quantitative estimate of drug-likeness (QED) is 0.913. The van der Waals surface area contributed by atoms with Crippen LogP contribution in [0.4, 0.5) is 0 Å². The summed E-state index contributed by atoms with van der Waals surface area (Å²) in [6, 6.07) is 4.67. The molecule has 0 aliphatic carbocycles. The second kappa shape index (κ2) is 6.07. The maximum Gasteiger partial charge on any atom is 0.0847 e. The molecule has 2 aromatic rings. The van der Waals surface area contributed by atoms with Crippen molar-refractivity contribution in [1.82, 2.24) is 15.1 Å². The summed E-state index contributed by atoms with van der Waals surface area (Å²) < 4.78 is 1.89. The van der Waals surface area contributed by atoms with Crippen molar-refractivity contribution < 1.29 is 0 Å². The maximum absolute atomic E-state index is 6.34. The summed E-state index contributed by atoms with van der Waals surface area (Å²) in [5.74, 6) is 0. The molecule has 0 saturated carbocycles. The molecular formula is C14H20ClN3S. The zero-order chi connectivity index (χ0) is 14.0. The molecule has 1 N–H and O–H groups in total. The third-order valence-corrected chi connectivity index (χ3v) is 4.82. The van der Waals surface area contributed by atoms with Gasteiger partial charge in [-0.3, -0.25) is 4.68 Å². The zero-order valence-corrected chi connectivity index (χ0v) is 13.4. The van der Waals surface area contributed by atoms with Gasteiger partial charge in [-0.2, -0.15) is 5.10 Å². The molecule has 0 aliphatic heterocycles. The van der Waals surface area contributed by atoms with E-state index in [9.17, 15) is 0 Å². The third kappa shape index (κ3) is 3.19. The lowest BCUT2D eigenvalue weighted by Gasteiger charge is -2.16. The van der Waals surface area contributed by atoms with Gasteiger partial charge in [0.15, 0.2) is 0 Å². The summed E-state index contributed by atoms with van der Waals surface area (Å²) in [7, 11) is 1.96. The first-order chi connectivity index (χ1) is 9.02. The van der Waals surface area contributed by atoms with E-state index in [1.54, 1.807) is 0 Å². The van der Waals surface area contributed by atoms with Crippen LogP contribution in [-0.2, 0) is 13.5 Å². The second-order valence-electron chi connectivity index (χ2n) is 4.73. The predicted molar refractivity (Wildman–Crippen MR) is 82.1 cm³/mol. The van der Waals surface area contributed by atoms with Crippen LogP contribution in [0.15, 0.2) is 12.1 Å². The molecule has 5 heteroatoms. The summed E-state index contributed by atoms with van der Waals surface area (Å²) in [5.41, 5.74) is 1.99. The highest BCUT2D eigenvalue weighted by Crippen LogP contribution is 2.29. The molecule has 2 aromatic heterocycles. The molecule has 19 heavy (non-hydrogen) atoms. The van der Waals surface area contributed by atoms with Gasteiger partial charge in [0.25, 0.3) is 0 Å². The molecule has 104 valence electrons. The van der Waals surface area contributed by atoms with Gasteiger partial charge in [-0.15, -0.1) is 11.3 Å². The van der Waals surface area contributed by atoms with E-state index in [0.29, 0.717) is 6.04 Å². The van der Waals surface area contributed by atoms with Crippen LogP contribution in [0.2, 0.25) is 5.02 Å². The summed E-state index contributed by atoms with van der Waals surface area (Å²) in [6.45, 7) is 7.15. The second-order valence-corrected chi connectivity index (χ2v) is 6.43. The average molecular weight is 298 g/mol. The Bertz CT molecular complexity index is 559. The van der Waals surface area contributed by atoms with E-state index in [4.69, 9.17) is 11.6 Å². The Labute approximate surface area is 123 Å². The number of hydrogen-bond acceptors (Lipinski definition) is 3. The smallest absolute Gasteiger partial charge is 0.0847 e. The van der Waals surface area contributed by atoms with E-state index in [1.165, 1.54) is 9.75 Å². The van der Waals surface area contributed by atoms with Crippen LogP contribution in [0.25, 0.3) is 0 Å². The van der Waals surface area contributed by atoms with Gasteiger partial charge in [0.1, 0.15) is 0 Å². The minimum atomic E-state index is 0.302. The van der Waals surface area contributed by atoms with Gasteiger partial charge >= 0.3 is 0 Å². The van der Waals surface area contributed by atoms with Crippen molar-refractivity contribution in [2.45, 2.75) is 33.2 Å². The number of rotatable bonds is 5. The molecular weight excluding hydrogens is 278 g/mol. The SMILES string of the molecule is CCNC(Cc1c(Cl)c(C)nn1C)c1ccc(C)s1. The topological polar surface area (TPSA) is 29.9 Å². The molecule has 2 rings (SSSR count). The van der Waals surface area contributed by atoms with E-state index < -0.39 is 0 Å². The molecule has 0 amide bonds. The Balaban J connectivity index is 2.26. The number of thiophene rings is 1. The van der Waals surface area contributed by atoms with Crippen molar-refractivity contribution in [3.8, 4) is 0 Å². The van der Waals surface area contributed by atoms with Gasteiger partial charge in [-0.1, -0.05) is 18.5 Å². The first kappa shape index (κ1) is 14.6. The number of aromatic nitrogens is 2. The van der Waals surface area contributed by atoms with Crippen LogP contribution < -0.4 is 5.32 Å². The van der Waals surface area contributed by atoms with E-state index in [-0.39, 0.29) is 0 Å². The molecule has 0 saturated heterocycles. The molecule has 3 nitrogen and oxygen atoms in total. The molecule has 1 atom stereocenters. The van der Waals surface area contributed by atoms with Gasteiger partial charge in [0.05, 0.1) is 16.4 Å². The highest BCUT2D eigenvalue weighted by molar-refractivity contribution is 7.12. The number of nitrogens with one attached hydrogen (secondary N) is 1. The van der Waals surface area contributed by atoms with Gasteiger partial charge in [0.2, 0.25) is 0 Å². The van der Waals surface area contributed by atoms with Crippen molar-refractivity contribution in [1.29, 1.82) is 0 Å². The monoisotopic (exact) mass is 297 g/mol. The molecule has 0 spiro atoms. The fourth-order valence-corrected chi connectivity index (χ4v) is 3.45. The minimum Gasteiger partial charge on any atom is -0.309 e. The zero-order valence-electron chi connectivity index (χ0n) is 11.8. The van der Waals surface area contributed by atoms with Crippen LogP contribution in [-0.4, -0.2) is 16.3 Å². The van der Waals surface area contributed by atoms with Gasteiger partial charge in [-0.25, -0.2) is 0 Å². The average Bonchev–Trinajstić information content (AvgIpc) is 2.88. The molecule has 0 radical (unpaired) electrons. The van der Waals surface area contributed by atoms with Crippen LogP contribution in [0.5, 0.6) is 0 Å². The Morgan fingerprint density at radius 3 is 2.63 bits per heavy atom. The Morgan fingerprint density at radius 1 is 1.42 bits per heavy atom. The van der Waals surface area contributed by atoms with Crippen molar-refractivity contribution >= 4 is 22.9 Å². The standard InChI is InChI=1S/C14H20ClN3S/c1-5-16-11(13-7-6-9(2)19-13)8-12-14(15)10(3)17-18(12)4/h6-7,11,16H,5,8H2,1-4H3. The number of aryl methyl sites for hydroxylation is 3. The molecule has 0 fully saturated rings. The van der Waals surface area contributed by atoms with Crippen LogP contribution >= 0.6 is 22.9 Å². The van der Waals surface area contributed by atoms with Crippen LogP contribution in [0.3, 0.4) is 0 Å². The van der Waals surface area contributed by atoms with Crippen molar-refractivity contribution in [2.75, 3.05) is 6.54 Å². The van der Waals surface area contributed by atoms with E-state index in [1.807, 2.05) is 30.0 Å². The highest BCUT2D eigenvalue weighted by atomic mass is 35.5.